The molecule has 1 aromatic rings. The summed E-state index contributed by atoms with van der Waals surface area (Å²) in [5.74, 6) is -0.573. The van der Waals surface area contributed by atoms with Gasteiger partial charge >= 0.3 is 5.97 Å². The van der Waals surface area contributed by atoms with Crippen LogP contribution >= 0.6 is 0 Å². The number of nitrogens with one attached hydrogen (secondary N) is 1. The first-order chi connectivity index (χ1) is 10.1. The standard InChI is InChI=1S/C15H20N2O4/c1-2-21-13-5-10(6-13)7-14(18)17-12-4-3-11(16-9-12)8-15(19)20/h3-4,9-10,13H,2,5-8H2,1H3,(H,17,18)(H,19,20). The molecule has 1 heterocycles. The number of carboxylic acids is 1. The van der Waals surface area contributed by atoms with Gasteiger partial charge in [-0.2, -0.15) is 0 Å². The van der Waals surface area contributed by atoms with Gasteiger partial charge in [0.25, 0.3) is 0 Å². The van der Waals surface area contributed by atoms with Crippen molar-refractivity contribution in [3.8, 4) is 0 Å². The van der Waals surface area contributed by atoms with Crippen molar-refractivity contribution >= 4 is 17.6 Å². The Morgan fingerprint density at radius 1 is 1.43 bits per heavy atom. The molecule has 1 amide bonds. The zero-order valence-corrected chi connectivity index (χ0v) is 12.0. The van der Waals surface area contributed by atoms with Gasteiger partial charge in [-0.15, -0.1) is 0 Å². The number of amides is 1. The number of carboxylic acid groups (broad SMARTS) is 1. The highest BCUT2D eigenvalue weighted by molar-refractivity contribution is 5.90. The zero-order valence-electron chi connectivity index (χ0n) is 12.0. The highest BCUT2D eigenvalue weighted by Crippen LogP contribution is 2.32. The third kappa shape index (κ3) is 4.82. The van der Waals surface area contributed by atoms with Crippen LogP contribution in [0.5, 0.6) is 0 Å². The molecule has 0 bridgehead atoms. The number of pyridine rings is 1. The number of aliphatic carboxylic acids is 1. The van der Waals surface area contributed by atoms with Crippen molar-refractivity contribution in [1.82, 2.24) is 4.98 Å². The van der Waals surface area contributed by atoms with E-state index in [0.717, 1.165) is 19.4 Å². The van der Waals surface area contributed by atoms with Crippen LogP contribution in [0.25, 0.3) is 0 Å². The van der Waals surface area contributed by atoms with Gasteiger partial charge in [-0.25, -0.2) is 0 Å². The molecule has 0 spiro atoms. The van der Waals surface area contributed by atoms with E-state index in [-0.39, 0.29) is 12.3 Å². The van der Waals surface area contributed by atoms with E-state index in [4.69, 9.17) is 9.84 Å². The highest BCUT2D eigenvalue weighted by atomic mass is 16.5. The topological polar surface area (TPSA) is 88.5 Å². The third-order valence-corrected chi connectivity index (χ3v) is 3.51. The smallest absolute Gasteiger partial charge is 0.309 e. The molecule has 0 aliphatic heterocycles. The maximum Gasteiger partial charge on any atom is 0.309 e. The molecule has 0 atom stereocenters. The van der Waals surface area contributed by atoms with Gasteiger partial charge < -0.3 is 15.2 Å². The summed E-state index contributed by atoms with van der Waals surface area (Å²) in [6.45, 7) is 2.69. The van der Waals surface area contributed by atoms with Crippen molar-refractivity contribution in [3.05, 3.63) is 24.0 Å². The average Bonchev–Trinajstić information content (AvgIpc) is 2.38. The Kier molecular flexibility index (Phi) is 5.27. The first kappa shape index (κ1) is 15.4. The maximum atomic E-state index is 11.9. The van der Waals surface area contributed by atoms with Crippen LogP contribution in [0.15, 0.2) is 18.3 Å². The number of ether oxygens (including phenoxy) is 1. The Morgan fingerprint density at radius 2 is 2.19 bits per heavy atom. The van der Waals surface area contributed by atoms with Gasteiger partial charge in [0.05, 0.1) is 30.1 Å². The van der Waals surface area contributed by atoms with E-state index in [1.54, 1.807) is 12.1 Å². The molecule has 6 heteroatoms. The lowest BCUT2D eigenvalue weighted by Crippen LogP contribution is -2.33. The number of carbonyl (C=O) groups excluding carboxylic acids is 1. The number of carbonyl (C=O) groups is 2. The Morgan fingerprint density at radius 3 is 2.76 bits per heavy atom. The summed E-state index contributed by atoms with van der Waals surface area (Å²) in [7, 11) is 0. The molecule has 6 nitrogen and oxygen atoms in total. The summed E-state index contributed by atoms with van der Waals surface area (Å²) < 4.78 is 5.46. The van der Waals surface area contributed by atoms with Crippen LogP contribution in [0.3, 0.4) is 0 Å². The summed E-state index contributed by atoms with van der Waals surface area (Å²) in [6.07, 6.45) is 4.05. The fourth-order valence-corrected chi connectivity index (χ4v) is 2.45. The number of hydrogen-bond acceptors (Lipinski definition) is 4. The predicted octanol–water partition coefficient (Wildman–Crippen LogP) is 1.85. The van der Waals surface area contributed by atoms with Crippen LogP contribution in [0.1, 0.15) is 31.9 Å². The van der Waals surface area contributed by atoms with Crippen molar-refractivity contribution in [3.63, 3.8) is 0 Å². The van der Waals surface area contributed by atoms with Crippen LogP contribution in [0, 0.1) is 5.92 Å². The van der Waals surface area contributed by atoms with Crippen LogP contribution < -0.4 is 5.32 Å². The summed E-state index contributed by atoms with van der Waals surface area (Å²) in [5.41, 5.74) is 1.06. The molecule has 0 radical (unpaired) electrons. The van der Waals surface area contributed by atoms with Crippen molar-refractivity contribution < 1.29 is 19.4 Å². The van der Waals surface area contributed by atoms with Crippen molar-refractivity contribution in [2.24, 2.45) is 5.92 Å². The predicted molar refractivity (Wildman–Crippen MR) is 77.0 cm³/mol. The molecule has 2 rings (SSSR count). The second-order valence-electron chi connectivity index (χ2n) is 5.28. The minimum Gasteiger partial charge on any atom is -0.481 e. The van der Waals surface area contributed by atoms with E-state index in [1.807, 2.05) is 6.92 Å². The fourth-order valence-electron chi connectivity index (χ4n) is 2.45. The number of aromatic nitrogens is 1. The van der Waals surface area contributed by atoms with Gasteiger partial charge in [-0.05, 0) is 37.8 Å². The first-order valence-corrected chi connectivity index (χ1v) is 7.15. The molecule has 1 aliphatic rings. The quantitative estimate of drug-likeness (QED) is 0.800. The van der Waals surface area contributed by atoms with Crippen LogP contribution in [-0.2, 0) is 20.7 Å². The summed E-state index contributed by atoms with van der Waals surface area (Å²) in [5, 5.41) is 11.4. The molecule has 2 N–H and O–H groups in total. The second-order valence-corrected chi connectivity index (χ2v) is 5.28. The molecule has 21 heavy (non-hydrogen) atoms. The van der Waals surface area contributed by atoms with E-state index < -0.39 is 5.97 Å². The molecule has 114 valence electrons. The van der Waals surface area contributed by atoms with E-state index in [9.17, 15) is 9.59 Å². The number of rotatable bonds is 7. The molecule has 1 aromatic heterocycles. The van der Waals surface area contributed by atoms with E-state index in [0.29, 0.717) is 29.8 Å². The SMILES string of the molecule is CCOC1CC(CC(=O)Nc2ccc(CC(=O)O)nc2)C1. The fraction of sp³-hybridized carbons (Fsp3) is 0.533. The van der Waals surface area contributed by atoms with Crippen LogP contribution in [-0.4, -0.2) is 34.7 Å². The molecule has 1 aliphatic carbocycles. The Bertz CT molecular complexity index is 495. The molecule has 1 saturated carbocycles. The minimum absolute atomic E-state index is 0.0391. The zero-order chi connectivity index (χ0) is 15.2. The molecule has 1 fully saturated rings. The highest BCUT2D eigenvalue weighted by Gasteiger charge is 2.30. The third-order valence-electron chi connectivity index (χ3n) is 3.51. The van der Waals surface area contributed by atoms with Gasteiger partial charge in [0.15, 0.2) is 0 Å². The lowest BCUT2D eigenvalue weighted by molar-refractivity contribution is -0.136. The van der Waals surface area contributed by atoms with Crippen LogP contribution in [0.4, 0.5) is 5.69 Å². The van der Waals surface area contributed by atoms with Gasteiger partial charge in [-0.3, -0.25) is 14.6 Å². The minimum atomic E-state index is -0.923. The lowest BCUT2D eigenvalue weighted by atomic mass is 9.80. The summed E-state index contributed by atoms with van der Waals surface area (Å²) >= 11 is 0. The second kappa shape index (κ2) is 7.17. The molecule has 0 unspecified atom stereocenters. The summed E-state index contributed by atoms with van der Waals surface area (Å²) in [4.78, 5) is 26.4. The van der Waals surface area contributed by atoms with E-state index in [2.05, 4.69) is 10.3 Å². The largest absolute Gasteiger partial charge is 0.481 e. The van der Waals surface area contributed by atoms with Crippen molar-refractivity contribution in [2.45, 2.75) is 38.7 Å². The Labute approximate surface area is 123 Å². The number of anilines is 1. The van der Waals surface area contributed by atoms with Gasteiger partial charge in [-0.1, -0.05) is 0 Å². The normalized spacial score (nSPS) is 20.6. The van der Waals surface area contributed by atoms with E-state index >= 15 is 0 Å². The van der Waals surface area contributed by atoms with Gasteiger partial charge in [0.2, 0.25) is 5.91 Å². The van der Waals surface area contributed by atoms with Gasteiger partial charge in [0.1, 0.15) is 0 Å². The Balaban J connectivity index is 1.74. The number of hydrogen-bond donors (Lipinski definition) is 2. The molecular weight excluding hydrogens is 272 g/mol. The van der Waals surface area contributed by atoms with Crippen molar-refractivity contribution in [2.75, 3.05) is 11.9 Å². The summed E-state index contributed by atoms with van der Waals surface area (Å²) in [6, 6.07) is 3.28. The maximum absolute atomic E-state index is 11.9. The molecule has 0 saturated heterocycles. The van der Waals surface area contributed by atoms with E-state index in [1.165, 1.54) is 6.20 Å². The lowest BCUT2D eigenvalue weighted by Gasteiger charge is -2.34. The number of nitrogens with zero attached hydrogens (tertiary/aromatic N) is 1. The van der Waals surface area contributed by atoms with Crippen LogP contribution in [0.2, 0.25) is 0 Å². The van der Waals surface area contributed by atoms with Gasteiger partial charge in [0, 0.05) is 13.0 Å². The molecule has 0 aromatic carbocycles. The monoisotopic (exact) mass is 292 g/mol. The van der Waals surface area contributed by atoms with Crippen molar-refractivity contribution in [1.29, 1.82) is 0 Å². The first-order valence-electron chi connectivity index (χ1n) is 7.15. The molecular formula is C15H20N2O4. The average molecular weight is 292 g/mol. The Hall–Kier alpha value is -1.95.